The van der Waals surface area contributed by atoms with Gasteiger partial charge in [0.05, 0.1) is 17.4 Å². The zero-order chi connectivity index (χ0) is 22.6. The smallest absolute Gasteiger partial charge is 0.262 e. The van der Waals surface area contributed by atoms with Crippen molar-refractivity contribution < 1.29 is 0 Å². The Kier molecular flexibility index (Phi) is 6.70. The van der Waals surface area contributed by atoms with Crippen LogP contribution < -0.4 is 10.5 Å². The molecule has 0 aliphatic carbocycles. The number of anilines is 1. The lowest BCUT2D eigenvalue weighted by Gasteiger charge is -2.29. The summed E-state index contributed by atoms with van der Waals surface area (Å²) in [6, 6.07) is 24.0. The van der Waals surface area contributed by atoms with Gasteiger partial charge in [-0.25, -0.2) is 4.98 Å². The summed E-state index contributed by atoms with van der Waals surface area (Å²) in [5.74, 6) is 0.694. The number of rotatable bonds is 6. The summed E-state index contributed by atoms with van der Waals surface area (Å²) in [6.07, 6.45) is 3.68. The van der Waals surface area contributed by atoms with Gasteiger partial charge in [0, 0.05) is 29.6 Å². The van der Waals surface area contributed by atoms with E-state index in [1.807, 2.05) is 71.3 Å². The van der Waals surface area contributed by atoms with Gasteiger partial charge in [0.15, 0.2) is 5.16 Å². The van der Waals surface area contributed by atoms with Gasteiger partial charge in [-0.2, -0.15) is 0 Å². The number of benzene rings is 3. The van der Waals surface area contributed by atoms with Gasteiger partial charge in [0.25, 0.3) is 5.56 Å². The molecule has 6 heteroatoms. The van der Waals surface area contributed by atoms with Crippen molar-refractivity contribution in [3.8, 4) is 0 Å². The normalized spacial score (nSPS) is 14.0. The number of nitrogens with zero attached hydrogens (tertiary/aromatic N) is 3. The molecule has 4 aromatic rings. The molecule has 0 spiro atoms. The number of hydrogen-bond donors (Lipinski definition) is 0. The summed E-state index contributed by atoms with van der Waals surface area (Å²) in [4.78, 5) is 21.0. The molecule has 33 heavy (non-hydrogen) atoms. The molecule has 1 aromatic heterocycles. The van der Waals surface area contributed by atoms with E-state index in [0.29, 0.717) is 22.7 Å². The van der Waals surface area contributed by atoms with Crippen molar-refractivity contribution in [1.29, 1.82) is 0 Å². The first kappa shape index (κ1) is 22.1. The second kappa shape index (κ2) is 10.0. The van der Waals surface area contributed by atoms with Crippen LogP contribution in [0.1, 0.15) is 30.4 Å². The van der Waals surface area contributed by atoms with Gasteiger partial charge in [0.2, 0.25) is 0 Å². The average Bonchev–Trinajstić information content (AvgIpc) is 2.86. The van der Waals surface area contributed by atoms with E-state index < -0.39 is 0 Å². The molecule has 5 rings (SSSR count). The number of halogens is 1. The quantitative estimate of drug-likeness (QED) is 0.239. The minimum atomic E-state index is 0.0105. The summed E-state index contributed by atoms with van der Waals surface area (Å²) >= 11 is 7.74. The van der Waals surface area contributed by atoms with E-state index in [4.69, 9.17) is 16.6 Å². The minimum Gasteiger partial charge on any atom is -0.372 e. The summed E-state index contributed by atoms with van der Waals surface area (Å²) in [6.45, 7) is 2.59. The zero-order valence-corrected chi connectivity index (χ0v) is 20.0. The first-order valence-electron chi connectivity index (χ1n) is 11.4. The molecule has 4 nitrogen and oxygen atoms in total. The van der Waals surface area contributed by atoms with Gasteiger partial charge < -0.3 is 4.90 Å². The Morgan fingerprint density at radius 1 is 0.879 bits per heavy atom. The van der Waals surface area contributed by atoms with E-state index in [0.717, 1.165) is 40.6 Å². The molecule has 1 aliphatic rings. The van der Waals surface area contributed by atoms with Crippen LogP contribution in [-0.4, -0.2) is 22.6 Å². The molecule has 0 bridgehead atoms. The topological polar surface area (TPSA) is 38.1 Å². The van der Waals surface area contributed by atoms with Crippen LogP contribution >= 0.6 is 23.4 Å². The van der Waals surface area contributed by atoms with Crippen LogP contribution in [0.4, 0.5) is 5.69 Å². The van der Waals surface area contributed by atoms with Crippen molar-refractivity contribution in [1.82, 2.24) is 9.55 Å². The lowest BCUT2D eigenvalue weighted by Crippen LogP contribution is -2.30. The van der Waals surface area contributed by atoms with E-state index in [1.165, 1.54) is 19.3 Å². The van der Waals surface area contributed by atoms with Gasteiger partial charge >= 0.3 is 0 Å². The number of aromatic nitrogens is 2. The third kappa shape index (κ3) is 5.10. The van der Waals surface area contributed by atoms with Crippen LogP contribution in [0.3, 0.4) is 0 Å². The molecule has 0 radical (unpaired) electrons. The Hall–Kier alpha value is -2.76. The van der Waals surface area contributed by atoms with Gasteiger partial charge in [-0.15, -0.1) is 0 Å². The molecule has 1 saturated heterocycles. The zero-order valence-electron chi connectivity index (χ0n) is 18.4. The van der Waals surface area contributed by atoms with E-state index >= 15 is 0 Å². The second-order valence-electron chi connectivity index (χ2n) is 8.44. The Morgan fingerprint density at radius 3 is 2.45 bits per heavy atom. The summed E-state index contributed by atoms with van der Waals surface area (Å²) in [5, 5.41) is 2.12. The van der Waals surface area contributed by atoms with Crippen molar-refractivity contribution >= 4 is 40.0 Å². The van der Waals surface area contributed by atoms with Crippen LogP contribution in [0.2, 0.25) is 5.02 Å². The number of thioether (sulfide) groups is 1. The maximum absolute atomic E-state index is 13.7. The summed E-state index contributed by atoms with van der Waals surface area (Å²) in [7, 11) is 0. The van der Waals surface area contributed by atoms with Gasteiger partial charge in [0.1, 0.15) is 0 Å². The van der Waals surface area contributed by atoms with Crippen LogP contribution in [0, 0.1) is 0 Å². The third-order valence-electron chi connectivity index (χ3n) is 6.06. The molecule has 1 aliphatic heterocycles. The number of fused-ring (bicyclic) bond motifs is 1. The second-order valence-corrected chi connectivity index (χ2v) is 9.82. The first-order chi connectivity index (χ1) is 16.2. The van der Waals surface area contributed by atoms with Gasteiger partial charge in [-0.3, -0.25) is 9.36 Å². The highest BCUT2D eigenvalue weighted by atomic mass is 35.5. The lowest BCUT2D eigenvalue weighted by atomic mass is 10.1. The van der Waals surface area contributed by atoms with Gasteiger partial charge in [-0.1, -0.05) is 65.8 Å². The predicted molar refractivity (Wildman–Crippen MR) is 139 cm³/mol. The molecule has 168 valence electrons. The molecule has 2 heterocycles. The van der Waals surface area contributed by atoms with Crippen molar-refractivity contribution in [3.63, 3.8) is 0 Å². The van der Waals surface area contributed by atoms with Crippen molar-refractivity contribution in [3.05, 3.63) is 99.3 Å². The van der Waals surface area contributed by atoms with Crippen LogP contribution in [0.25, 0.3) is 10.9 Å². The SMILES string of the molecule is O=c1c2cc(N3CCCCC3)ccc2nc(SCc2cccc(Cl)c2)n1Cc1ccccc1. The Balaban J connectivity index is 1.55. The van der Waals surface area contributed by atoms with E-state index in [1.54, 1.807) is 11.8 Å². The summed E-state index contributed by atoms with van der Waals surface area (Å²) in [5.41, 5.74) is 4.06. The van der Waals surface area contributed by atoms with E-state index in [-0.39, 0.29) is 5.56 Å². The number of piperidine rings is 1. The maximum Gasteiger partial charge on any atom is 0.262 e. The molecule has 0 N–H and O–H groups in total. The van der Waals surface area contributed by atoms with Gasteiger partial charge in [-0.05, 0) is 60.7 Å². The van der Waals surface area contributed by atoms with Crippen LogP contribution in [0.15, 0.2) is 82.7 Å². The lowest BCUT2D eigenvalue weighted by molar-refractivity contribution is 0.578. The Labute approximate surface area is 203 Å². The largest absolute Gasteiger partial charge is 0.372 e. The minimum absolute atomic E-state index is 0.0105. The molecular weight excluding hydrogens is 450 g/mol. The molecule has 0 amide bonds. The first-order valence-corrected chi connectivity index (χ1v) is 12.7. The molecule has 0 atom stereocenters. The monoisotopic (exact) mass is 475 g/mol. The van der Waals surface area contributed by atoms with Crippen molar-refractivity contribution in [2.75, 3.05) is 18.0 Å². The fourth-order valence-electron chi connectivity index (χ4n) is 4.33. The highest BCUT2D eigenvalue weighted by Gasteiger charge is 2.16. The molecule has 3 aromatic carbocycles. The fraction of sp³-hybridized carbons (Fsp3) is 0.259. The van der Waals surface area contributed by atoms with E-state index in [9.17, 15) is 4.79 Å². The standard InChI is InChI=1S/C27H26ClN3OS/c28-22-11-7-10-21(16-22)19-33-27-29-25-13-12-23(30-14-5-2-6-15-30)17-24(25)26(32)31(27)18-20-8-3-1-4-9-20/h1,3-4,7-13,16-17H,2,5-6,14-15,18-19H2. The van der Waals surface area contributed by atoms with Crippen molar-refractivity contribution in [2.24, 2.45) is 0 Å². The predicted octanol–water partition coefficient (Wildman–Crippen LogP) is 6.38. The van der Waals surface area contributed by atoms with Crippen LogP contribution in [-0.2, 0) is 12.3 Å². The highest BCUT2D eigenvalue weighted by Crippen LogP contribution is 2.27. The average molecular weight is 476 g/mol. The molecule has 1 fully saturated rings. The fourth-order valence-corrected chi connectivity index (χ4v) is 5.48. The third-order valence-corrected chi connectivity index (χ3v) is 7.35. The van der Waals surface area contributed by atoms with Crippen LogP contribution in [0.5, 0.6) is 0 Å². The number of hydrogen-bond acceptors (Lipinski definition) is 4. The maximum atomic E-state index is 13.7. The van der Waals surface area contributed by atoms with Crippen molar-refractivity contribution in [2.45, 2.75) is 36.7 Å². The summed E-state index contributed by atoms with van der Waals surface area (Å²) < 4.78 is 1.81. The molecule has 0 saturated carbocycles. The van der Waals surface area contributed by atoms with E-state index in [2.05, 4.69) is 11.0 Å². The molecule has 0 unspecified atom stereocenters. The Bertz CT molecular complexity index is 1320. The Morgan fingerprint density at radius 2 is 1.67 bits per heavy atom. The molecular formula is C27H26ClN3OS. The highest BCUT2D eigenvalue weighted by molar-refractivity contribution is 7.98.